The van der Waals surface area contributed by atoms with Gasteiger partial charge in [-0.15, -0.1) is 0 Å². The second-order valence-electron chi connectivity index (χ2n) is 5.53. The second kappa shape index (κ2) is 6.84. The third-order valence-electron chi connectivity index (χ3n) is 3.83. The first-order valence-corrected chi connectivity index (χ1v) is 7.93. The van der Waals surface area contributed by atoms with Gasteiger partial charge >= 0.3 is 0 Å². The van der Waals surface area contributed by atoms with Crippen LogP contribution in [0.5, 0.6) is 0 Å². The Balaban J connectivity index is 1.57. The highest BCUT2D eigenvalue weighted by atomic mass is 35.5. The van der Waals surface area contributed by atoms with Gasteiger partial charge in [0, 0.05) is 23.4 Å². The molecule has 0 aliphatic heterocycles. The summed E-state index contributed by atoms with van der Waals surface area (Å²) in [5.41, 5.74) is 3.25. The van der Waals surface area contributed by atoms with Crippen molar-refractivity contribution < 1.29 is 4.79 Å². The number of benzene rings is 2. The van der Waals surface area contributed by atoms with E-state index in [0.717, 1.165) is 16.5 Å². The van der Waals surface area contributed by atoms with Crippen LogP contribution in [0.15, 0.2) is 48.7 Å². The van der Waals surface area contributed by atoms with Crippen LogP contribution in [0, 0.1) is 6.92 Å². The zero-order valence-corrected chi connectivity index (χ0v) is 13.7. The van der Waals surface area contributed by atoms with Gasteiger partial charge in [0.25, 0.3) is 0 Å². The molecule has 3 aromatic rings. The Morgan fingerprint density at radius 2 is 2.09 bits per heavy atom. The number of aryl methyl sites for hydroxylation is 2. The molecule has 2 aromatic carbocycles. The minimum Gasteiger partial charge on any atom is -0.352 e. The molecular weight excluding hydrogens is 310 g/mol. The number of amides is 1. The summed E-state index contributed by atoms with van der Waals surface area (Å²) in [5, 5.41) is 9.09. The summed E-state index contributed by atoms with van der Waals surface area (Å²) in [7, 11) is 0. The first kappa shape index (κ1) is 15.6. The van der Waals surface area contributed by atoms with Gasteiger partial charge in [-0.2, -0.15) is 5.10 Å². The Bertz CT molecular complexity index is 841. The van der Waals surface area contributed by atoms with E-state index >= 15 is 0 Å². The predicted molar refractivity (Wildman–Crippen MR) is 92.4 cm³/mol. The normalized spacial score (nSPS) is 10.9. The Hall–Kier alpha value is -2.33. The number of carbonyl (C=O) groups is 1. The molecule has 3 rings (SSSR count). The lowest BCUT2D eigenvalue weighted by Gasteiger charge is -2.07. The summed E-state index contributed by atoms with van der Waals surface area (Å²) in [6, 6.07) is 13.6. The van der Waals surface area contributed by atoms with Crippen molar-refractivity contribution in [3.63, 3.8) is 0 Å². The number of nitrogens with zero attached hydrogens (tertiary/aromatic N) is 2. The Kier molecular flexibility index (Phi) is 4.63. The van der Waals surface area contributed by atoms with Crippen LogP contribution in [-0.4, -0.2) is 15.7 Å². The zero-order valence-electron chi connectivity index (χ0n) is 12.9. The highest BCUT2D eigenvalue weighted by molar-refractivity contribution is 6.30. The van der Waals surface area contributed by atoms with E-state index in [4.69, 9.17) is 11.6 Å². The van der Waals surface area contributed by atoms with E-state index in [1.807, 2.05) is 47.3 Å². The molecule has 1 aromatic heterocycles. The Morgan fingerprint density at radius 1 is 1.26 bits per heavy atom. The number of nitrogens with one attached hydrogen (secondary N) is 1. The van der Waals surface area contributed by atoms with Gasteiger partial charge in [-0.05, 0) is 36.2 Å². The summed E-state index contributed by atoms with van der Waals surface area (Å²) in [6.45, 7) is 3.11. The highest BCUT2D eigenvalue weighted by Crippen LogP contribution is 2.17. The van der Waals surface area contributed by atoms with Gasteiger partial charge in [-0.25, -0.2) is 0 Å². The summed E-state index contributed by atoms with van der Waals surface area (Å²) >= 11 is 5.93. The number of carbonyl (C=O) groups excluding carboxylic acids is 1. The molecule has 0 atom stereocenters. The van der Waals surface area contributed by atoms with Crippen molar-refractivity contribution in [1.82, 2.24) is 15.1 Å². The first-order valence-electron chi connectivity index (χ1n) is 7.56. The standard InChI is InChI=1S/C18H18ClN3O/c1-13-4-2-7-17-16(13)12-21-22(17)9-8-18(23)20-11-14-5-3-6-15(19)10-14/h2-7,10,12H,8-9,11H2,1H3,(H,20,23). The summed E-state index contributed by atoms with van der Waals surface area (Å²) < 4.78 is 1.88. The quantitative estimate of drug-likeness (QED) is 0.776. The van der Waals surface area contributed by atoms with Gasteiger partial charge in [-0.1, -0.05) is 35.9 Å². The lowest BCUT2D eigenvalue weighted by atomic mass is 10.1. The fourth-order valence-corrected chi connectivity index (χ4v) is 2.78. The van der Waals surface area contributed by atoms with Crippen molar-refractivity contribution in [3.8, 4) is 0 Å². The minimum atomic E-state index is 0.00118. The zero-order chi connectivity index (χ0) is 16.2. The van der Waals surface area contributed by atoms with Crippen molar-refractivity contribution in [2.75, 3.05) is 0 Å². The van der Waals surface area contributed by atoms with Crippen molar-refractivity contribution in [3.05, 3.63) is 64.8 Å². The maximum atomic E-state index is 12.0. The van der Waals surface area contributed by atoms with E-state index in [9.17, 15) is 4.79 Å². The van der Waals surface area contributed by atoms with E-state index in [-0.39, 0.29) is 5.91 Å². The van der Waals surface area contributed by atoms with E-state index in [0.29, 0.717) is 24.5 Å². The van der Waals surface area contributed by atoms with Gasteiger partial charge in [0.1, 0.15) is 0 Å². The molecule has 0 aliphatic rings. The summed E-state index contributed by atoms with van der Waals surface area (Å²) in [5.74, 6) is 0.00118. The first-order chi connectivity index (χ1) is 11.1. The van der Waals surface area contributed by atoms with E-state index < -0.39 is 0 Å². The largest absolute Gasteiger partial charge is 0.352 e. The molecule has 1 N–H and O–H groups in total. The van der Waals surface area contributed by atoms with Gasteiger partial charge in [0.2, 0.25) is 5.91 Å². The van der Waals surface area contributed by atoms with E-state index in [1.54, 1.807) is 0 Å². The minimum absolute atomic E-state index is 0.00118. The van der Waals surface area contributed by atoms with Crippen LogP contribution in [0.2, 0.25) is 5.02 Å². The van der Waals surface area contributed by atoms with Crippen LogP contribution in [0.3, 0.4) is 0 Å². The second-order valence-corrected chi connectivity index (χ2v) is 5.97. The van der Waals surface area contributed by atoms with Gasteiger partial charge < -0.3 is 5.32 Å². The molecule has 0 fully saturated rings. The summed E-state index contributed by atoms with van der Waals surface area (Å²) in [4.78, 5) is 12.0. The average molecular weight is 328 g/mol. The van der Waals surface area contributed by atoms with Crippen LogP contribution >= 0.6 is 11.6 Å². The SMILES string of the molecule is Cc1cccc2c1cnn2CCC(=O)NCc1cccc(Cl)c1. The maximum absolute atomic E-state index is 12.0. The third kappa shape index (κ3) is 3.71. The number of hydrogen-bond acceptors (Lipinski definition) is 2. The number of hydrogen-bond donors (Lipinski definition) is 1. The molecule has 0 spiro atoms. The topological polar surface area (TPSA) is 46.9 Å². The smallest absolute Gasteiger partial charge is 0.222 e. The molecule has 0 saturated carbocycles. The van der Waals surface area contributed by atoms with Gasteiger partial charge in [0.15, 0.2) is 0 Å². The molecule has 1 heterocycles. The maximum Gasteiger partial charge on any atom is 0.222 e. The molecule has 118 valence electrons. The molecule has 0 unspecified atom stereocenters. The molecular formula is C18H18ClN3O. The number of rotatable bonds is 5. The molecule has 5 heteroatoms. The fourth-order valence-electron chi connectivity index (χ4n) is 2.57. The van der Waals surface area contributed by atoms with Crippen LogP contribution in [-0.2, 0) is 17.9 Å². The number of aromatic nitrogens is 2. The lowest BCUT2D eigenvalue weighted by molar-refractivity contribution is -0.121. The van der Waals surface area contributed by atoms with Crippen molar-refractivity contribution in [2.24, 2.45) is 0 Å². The Labute approximate surface area is 140 Å². The van der Waals surface area contributed by atoms with Gasteiger partial charge in [-0.3, -0.25) is 9.48 Å². The van der Waals surface area contributed by atoms with Crippen molar-refractivity contribution >= 4 is 28.4 Å². The lowest BCUT2D eigenvalue weighted by Crippen LogP contribution is -2.24. The van der Waals surface area contributed by atoms with Crippen LogP contribution in [0.4, 0.5) is 0 Å². The summed E-state index contributed by atoms with van der Waals surface area (Å²) in [6.07, 6.45) is 2.25. The fraction of sp³-hybridized carbons (Fsp3) is 0.222. The van der Waals surface area contributed by atoms with Crippen molar-refractivity contribution in [1.29, 1.82) is 0 Å². The predicted octanol–water partition coefficient (Wildman–Crippen LogP) is 3.70. The van der Waals surface area contributed by atoms with Crippen molar-refractivity contribution in [2.45, 2.75) is 26.4 Å². The van der Waals surface area contributed by atoms with Crippen LogP contribution in [0.25, 0.3) is 10.9 Å². The molecule has 1 amide bonds. The molecule has 0 aliphatic carbocycles. The number of fused-ring (bicyclic) bond motifs is 1. The average Bonchev–Trinajstić information content (AvgIpc) is 2.96. The molecule has 23 heavy (non-hydrogen) atoms. The Morgan fingerprint density at radius 3 is 2.91 bits per heavy atom. The third-order valence-corrected chi connectivity index (χ3v) is 4.07. The highest BCUT2D eigenvalue weighted by Gasteiger charge is 2.07. The monoisotopic (exact) mass is 327 g/mol. The number of halogens is 1. The van der Waals surface area contributed by atoms with Crippen LogP contribution < -0.4 is 5.32 Å². The molecule has 0 saturated heterocycles. The molecule has 0 bridgehead atoms. The van der Waals surface area contributed by atoms with Crippen LogP contribution in [0.1, 0.15) is 17.5 Å². The van der Waals surface area contributed by atoms with E-state index in [2.05, 4.69) is 23.4 Å². The van der Waals surface area contributed by atoms with E-state index in [1.165, 1.54) is 5.56 Å². The molecule has 4 nitrogen and oxygen atoms in total. The van der Waals surface area contributed by atoms with Gasteiger partial charge in [0.05, 0.1) is 18.3 Å². The molecule has 0 radical (unpaired) electrons.